The summed E-state index contributed by atoms with van der Waals surface area (Å²) in [5.41, 5.74) is 15.8. The van der Waals surface area contributed by atoms with Crippen LogP contribution in [-0.4, -0.2) is 125 Å². The van der Waals surface area contributed by atoms with E-state index in [1.54, 1.807) is 0 Å². The summed E-state index contributed by atoms with van der Waals surface area (Å²) in [6.45, 7) is -2.40. The molecule has 5 amide bonds. The highest BCUT2D eigenvalue weighted by Crippen LogP contribution is 2.17. The third-order valence-corrected chi connectivity index (χ3v) is 5.69. The van der Waals surface area contributed by atoms with Crippen molar-refractivity contribution in [2.45, 2.75) is 49.9 Å². The molecule has 1 fully saturated rings. The lowest BCUT2D eigenvalue weighted by atomic mass is 10.1. The van der Waals surface area contributed by atoms with Gasteiger partial charge in [0, 0.05) is 13.1 Å². The number of hydrogen-bond donors (Lipinski definition) is 10. The normalized spacial score (nSPS) is 16.8. The van der Waals surface area contributed by atoms with Gasteiger partial charge in [-0.3, -0.25) is 29.0 Å². The minimum atomic E-state index is -1.57. The lowest BCUT2D eigenvalue weighted by molar-refractivity contribution is -0.148. The van der Waals surface area contributed by atoms with Crippen molar-refractivity contribution in [3.05, 3.63) is 0 Å². The molecule has 1 rings (SSSR count). The molecule has 0 spiro atoms. The predicted octanol–water partition coefficient (Wildman–Crippen LogP) is -6.37. The van der Waals surface area contributed by atoms with Crippen LogP contribution in [0.15, 0.2) is 4.99 Å². The van der Waals surface area contributed by atoms with Gasteiger partial charge < -0.3 is 58.7 Å². The van der Waals surface area contributed by atoms with Gasteiger partial charge in [0.1, 0.15) is 24.2 Å². The fourth-order valence-corrected chi connectivity index (χ4v) is 3.67. The molecule has 0 aromatic heterocycles. The number of aliphatic hydroxyl groups is 2. The summed E-state index contributed by atoms with van der Waals surface area (Å²) in [4.78, 5) is 77.9. The first-order valence-corrected chi connectivity index (χ1v) is 12.1. The number of carbonyl (C=O) groups is 6. The van der Waals surface area contributed by atoms with E-state index >= 15 is 0 Å². The zero-order valence-corrected chi connectivity index (χ0v) is 21.3. The van der Waals surface area contributed by atoms with E-state index in [0.29, 0.717) is 6.42 Å². The molecule has 0 aromatic rings. The summed E-state index contributed by atoms with van der Waals surface area (Å²) < 4.78 is 0. The molecule has 0 aromatic carbocycles. The van der Waals surface area contributed by atoms with E-state index in [2.05, 4.69) is 26.3 Å². The van der Waals surface area contributed by atoms with E-state index in [1.807, 2.05) is 0 Å². The first-order chi connectivity index (χ1) is 18.4. The topological polar surface area (TPSA) is 305 Å². The Kier molecular flexibility index (Phi) is 14.2. The third-order valence-electron chi connectivity index (χ3n) is 5.69. The van der Waals surface area contributed by atoms with Crippen LogP contribution in [0.4, 0.5) is 0 Å². The van der Waals surface area contributed by atoms with Gasteiger partial charge in [0.2, 0.25) is 29.5 Å². The average Bonchev–Trinajstić information content (AvgIpc) is 3.40. The molecule has 13 N–H and O–H groups in total. The van der Waals surface area contributed by atoms with E-state index in [-0.39, 0.29) is 38.3 Å². The summed E-state index contributed by atoms with van der Waals surface area (Å²) in [5, 5.41) is 37.4. The van der Waals surface area contributed by atoms with Gasteiger partial charge in [0.05, 0.1) is 26.3 Å². The first-order valence-electron chi connectivity index (χ1n) is 12.1. The highest BCUT2D eigenvalue weighted by molar-refractivity contribution is 5.95. The molecule has 0 bridgehead atoms. The van der Waals surface area contributed by atoms with Crippen molar-refractivity contribution in [1.82, 2.24) is 26.2 Å². The molecule has 0 unspecified atom stereocenters. The van der Waals surface area contributed by atoms with Crippen LogP contribution >= 0.6 is 0 Å². The van der Waals surface area contributed by atoms with Crippen molar-refractivity contribution in [2.24, 2.45) is 22.2 Å². The number of carboxylic acids is 1. The molecular formula is C21H37N9O9. The molecule has 0 radical (unpaired) electrons. The summed E-state index contributed by atoms with van der Waals surface area (Å²) in [6, 6.07) is -5.28. The number of likely N-dealkylation sites (tertiary alicyclic amines) is 1. The fraction of sp³-hybridized carbons (Fsp3) is 0.667. The van der Waals surface area contributed by atoms with Crippen molar-refractivity contribution in [3.8, 4) is 0 Å². The third kappa shape index (κ3) is 11.1. The summed E-state index contributed by atoms with van der Waals surface area (Å²) in [5.74, 6) is -5.47. The molecule has 18 heteroatoms. The molecule has 18 nitrogen and oxygen atoms in total. The number of aliphatic carboxylic acids is 1. The lowest BCUT2D eigenvalue weighted by Gasteiger charge is -2.24. The van der Waals surface area contributed by atoms with Gasteiger partial charge in [-0.05, 0) is 25.7 Å². The molecular weight excluding hydrogens is 522 g/mol. The molecule has 0 saturated carbocycles. The van der Waals surface area contributed by atoms with E-state index < -0.39 is 86.0 Å². The number of aliphatic hydroxyl groups excluding tert-OH is 2. The number of carbonyl (C=O) groups excluding carboxylic acids is 5. The SMILES string of the molecule is NCC(=O)N[C@@H](CCCN=C(N)N)C(=O)N[C@@H](CO)C(=O)N[C@@H](CO)C(=O)NCC(=O)N1CCC[C@H]1C(=O)O. The Morgan fingerprint density at radius 1 is 0.923 bits per heavy atom. The van der Waals surface area contributed by atoms with Gasteiger partial charge in [-0.2, -0.15) is 0 Å². The van der Waals surface area contributed by atoms with Gasteiger partial charge in [-0.25, -0.2) is 4.79 Å². The number of aliphatic imine (C=N–C) groups is 1. The Bertz CT molecular complexity index is 927. The molecule has 4 atom stereocenters. The zero-order chi connectivity index (χ0) is 29.5. The smallest absolute Gasteiger partial charge is 0.326 e. The van der Waals surface area contributed by atoms with Crippen molar-refractivity contribution < 1.29 is 44.1 Å². The summed E-state index contributed by atoms with van der Waals surface area (Å²) >= 11 is 0. The number of rotatable bonds is 16. The highest BCUT2D eigenvalue weighted by atomic mass is 16.4. The van der Waals surface area contributed by atoms with Crippen LogP contribution in [0, 0.1) is 0 Å². The predicted molar refractivity (Wildman–Crippen MR) is 134 cm³/mol. The fourth-order valence-electron chi connectivity index (χ4n) is 3.67. The summed E-state index contributed by atoms with van der Waals surface area (Å²) in [6.07, 6.45) is 1.11. The van der Waals surface area contributed by atoms with Gasteiger partial charge in [0.25, 0.3) is 0 Å². The Balaban J connectivity index is 2.73. The number of nitrogens with one attached hydrogen (secondary N) is 4. The zero-order valence-electron chi connectivity index (χ0n) is 21.3. The van der Waals surface area contributed by atoms with E-state index in [0.717, 1.165) is 4.90 Å². The van der Waals surface area contributed by atoms with Crippen LogP contribution in [0.2, 0.25) is 0 Å². The van der Waals surface area contributed by atoms with Crippen LogP contribution in [0.3, 0.4) is 0 Å². The Morgan fingerprint density at radius 2 is 1.51 bits per heavy atom. The number of hydrogen-bond acceptors (Lipinski definition) is 10. The second-order valence-electron chi connectivity index (χ2n) is 8.56. The minimum absolute atomic E-state index is 0.0591. The maximum absolute atomic E-state index is 12.7. The van der Waals surface area contributed by atoms with Crippen LogP contribution in [0.5, 0.6) is 0 Å². The Hall–Kier alpha value is -4.03. The van der Waals surface area contributed by atoms with Crippen LogP contribution in [-0.2, 0) is 28.8 Å². The van der Waals surface area contributed by atoms with Crippen LogP contribution in [0.1, 0.15) is 25.7 Å². The molecule has 1 heterocycles. The standard InChI is InChI=1S/C21H37N9O9/c22-7-15(33)27-11(3-1-5-25-21(23)24)18(36)29-13(10-32)19(37)28-12(9-31)17(35)26-8-16(34)30-6-2-4-14(30)20(38)39/h11-14,31-32H,1-10,22H2,(H,26,35)(H,27,33)(H,28,37)(H,29,36)(H,38,39)(H4,23,24,25)/t11-,12-,13-,14-/m0/s1. The first kappa shape index (κ1) is 33.0. The van der Waals surface area contributed by atoms with E-state index in [1.165, 1.54) is 0 Å². The summed E-state index contributed by atoms with van der Waals surface area (Å²) in [7, 11) is 0. The van der Waals surface area contributed by atoms with Gasteiger partial charge in [-0.1, -0.05) is 0 Å². The van der Waals surface area contributed by atoms with Gasteiger partial charge >= 0.3 is 5.97 Å². The number of carboxylic acid groups (broad SMARTS) is 1. The average molecular weight is 560 g/mol. The molecule has 0 aliphatic carbocycles. The number of guanidine groups is 1. The second kappa shape index (κ2) is 16.7. The number of amides is 5. The second-order valence-corrected chi connectivity index (χ2v) is 8.56. The van der Waals surface area contributed by atoms with Gasteiger partial charge in [-0.15, -0.1) is 0 Å². The molecule has 1 aliphatic rings. The highest BCUT2D eigenvalue weighted by Gasteiger charge is 2.34. The Labute approximate surface area is 223 Å². The largest absolute Gasteiger partial charge is 0.480 e. The van der Waals surface area contributed by atoms with E-state index in [4.69, 9.17) is 17.2 Å². The molecule has 1 saturated heterocycles. The maximum atomic E-state index is 12.7. The van der Waals surface area contributed by atoms with Crippen molar-refractivity contribution in [2.75, 3.05) is 39.4 Å². The lowest BCUT2D eigenvalue weighted by Crippen LogP contribution is -2.59. The van der Waals surface area contributed by atoms with Crippen LogP contribution in [0.25, 0.3) is 0 Å². The number of nitrogens with zero attached hydrogens (tertiary/aromatic N) is 2. The molecule has 1 aliphatic heterocycles. The number of nitrogens with two attached hydrogens (primary N) is 3. The van der Waals surface area contributed by atoms with Crippen molar-refractivity contribution in [3.63, 3.8) is 0 Å². The van der Waals surface area contributed by atoms with E-state index in [9.17, 15) is 44.1 Å². The minimum Gasteiger partial charge on any atom is -0.480 e. The monoisotopic (exact) mass is 559 g/mol. The Morgan fingerprint density at radius 3 is 2.05 bits per heavy atom. The molecule has 39 heavy (non-hydrogen) atoms. The quantitative estimate of drug-likeness (QED) is 0.0479. The van der Waals surface area contributed by atoms with Gasteiger partial charge in [0.15, 0.2) is 5.96 Å². The van der Waals surface area contributed by atoms with Crippen molar-refractivity contribution in [1.29, 1.82) is 0 Å². The van der Waals surface area contributed by atoms with Crippen molar-refractivity contribution >= 4 is 41.5 Å². The molecule has 220 valence electrons. The van der Waals surface area contributed by atoms with Crippen LogP contribution < -0.4 is 38.5 Å². The maximum Gasteiger partial charge on any atom is 0.326 e.